The Labute approximate surface area is 126 Å². The molecule has 0 aliphatic carbocycles. The Morgan fingerprint density at radius 2 is 1.67 bits per heavy atom. The zero-order valence-electron chi connectivity index (χ0n) is 13.1. The molecule has 1 nitrogen and oxygen atoms in total. The van der Waals surface area contributed by atoms with Crippen LogP contribution in [-0.4, -0.2) is 0 Å². The topological polar surface area (TPSA) is 3.88 Å². The molecule has 1 heteroatoms. The Hall–Kier alpha value is -1.89. The lowest BCUT2D eigenvalue weighted by molar-refractivity contribution is -0.706. The molecule has 1 aliphatic rings. The summed E-state index contributed by atoms with van der Waals surface area (Å²) in [7, 11) is 0. The molecule has 1 aliphatic heterocycles. The fourth-order valence-electron chi connectivity index (χ4n) is 4.55. The highest BCUT2D eigenvalue weighted by atomic mass is 15.0. The Balaban J connectivity index is 2.30. The largest absolute Gasteiger partial charge is 0.220 e. The second kappa shape index (κ2) is 4.30. The third kappa shape index (κ3) is 1.44. The van der Waals surface area contributed by atoms with E-state index in [9.17, 15) is 0 Å². The van der Waals surface area contributed by atoms with Crippen molar-refractivity contribution in [1.82, 2.24) is 0 Å². The molecule has 1 unspecified atom stereocenters. The lowest BCUT2D eigenvalue weighted by Crippen LogP contribution is -2.52. The monoisotopic (exact) mass is 276 g/mol. The fraction of sp³-hybridized carbons (Fsp3) is 0.350. The van der Waals surface area contributed by atoms with Gasteiger partial charge in [-0.05, 0) is 42.8 Å². The molecule has 4 rings (SSSR count). The maximum atomic E-state index is 2.51. The molecule has 0 radical (unpaired) electrons. The Kier molecular flexibility index (Phi) is 2.63. The van der Waals surface area contributed by atoms with E-state index in [1.54, 1.807) is 5.56 Å². The first-order valence-corrected chi connectivity index (χ1v) is 8.09. The summed E-state index contributed by atoms with van der Waals surface area (Å²) >= 11 is 0. The predicted octanol–water partition coefficient (Wildman–Crippen LogP) is 4.91. The zero-order chi connectivity index (χ0) is 14.6. The standard InChI is InChI=1S/C20H22N/c1-4-20(5-2)14(3)21-13-7-9-16-12-11-15-8-6-10-17(20)18(15)19(16)21/h6-14H,4-5H2,1-3H3/q+1. The average molecular weight is 276 g/mol. The third-order valence-corrected chi connectivity index (χ3v) is 5.85. The molecule has 0 N–H and O–H groups in total. The van der Waals surface area contributed by atoms with E-state index < -0.39 is 0 Å². The molecular weight excluding hydrogens is 254 g/mol. The van der Waals surface area contributed by atoms with E-state index in [2.05, 4.69) is 74.0 Å². The van der Waals surface area contributed by atoms with E-state index in [1.165, 1.54) is 34.5 Å². The van der Waals surface area contributed by atoms with Crippen molar-refractivity contribution in [3.8, 4) is 0 Å². The van der Waals surface area contributed by atoms with E-state index in [0.29, 0.717) is 6.04 Å². The molecule has 21 heavy (non-hydrogen) atoms. The number of aromatic nitrogens is 1. The smallest absolute Gasteiger partial charge is 0.194 e. The normalized spacial score (nSPS) is 19.5. The minimum absolute atomic E-state index is 0.243. The van der Waals surface area contributed by atoms with Gasteiger partial charge < -0.3 is 0 Å². The van der Waals surface area contributed by atoms with E-state index in [-0.39, 0.29) is 5.41 Å². The molecule has 0 saturated carbocycles. The van der Waals surface area contributed by atoms with Crippen molar-refractivity contribution in [2.75, 3.05) is 0 Å². The summed E-state index contributed by atoms with van der Waals surface area (Å²) in [6, 6.07) is 16.3. The summed E-state index contributed by atoms with van der Waals surface area (Å²) in [5.41, 5.74) is 3.21. The first-order valence-electron chi connectivity index (χ1n) is 8.09. The fourth-order valence-corrected chi connectivity index (χ4v) is 4.55. The van der Waals surface area contributed by atoms with Gasteiger partial charge in [0.2, 0.25) is 5.52 Å². The summed E-state index contributed by atoms with van der Waals surface area (Å²) in [4.78, 5) is 0. The van der Waals surface area contributed by atoms with Crippen LogP contribution in [0.5, 0.6) is 0 Å². The SMILES string of the molecule is CCC1(CC)c2cccc3ccc4ccc[n+](c4c23)C1C. The molecule has 106 valence electrons. The maximum Gasteiger partial charge on any atom is 0.220 e. The van der Waals surface area contributed by atoms with Gasteiger partial charge in [-0.2, -0.15) is 4.57 Å². The van der Waals surface area contributed by atoms with Crippen LogP contribution in [0, 0.1) is 0 Å². The first kappa shape index (κ1) is 12.8. The van der Waals surface area contributed by atoms with E-state index in [0.717, 1.165) is 0 Å². The Morgan fingerprint density at radius 1 is 0.952 bits per heavy atom. The lowest BCUT2D eigenvalue weighted by atomic mass is 9.67. The Morgan fingerprint density at radius 3 is 2.43 bits per heavy atom. The molecule has 0 amide bonds. The van der Waals surface area contributed by atoms with Crippen LogP contribution >= 0.6 is 0 Å². The van der Waals surface area contributed by atoms with Crippen molar-refractivity contribution in [2.24, 2.45) is 0 Å². The van der Waals surface area contributed by atoms with Crippen molar-refractivity contribution >= 4 is 21.7 Å². The first-order chi connectivity index (χ1) is 10.2. The van der Waals surface area contributed by atoms with E-state index in [4.69, 9.17) is 0 Å². The molecule has 0 saturated heterocycles. The minimum Gasteiger partial charge on any atom is -0.194 e. The summed E-state index contributed by atoms with van der Waals surface area (Å²) in [6.07, 6.45) is 4.63. The van der Waals surface area contributed by atoms with Crippen LogP contribution in [0.25, 0.3) is 21.7 Å². The number of rotatable bonds is 2. The highest BCUT2D eigenvalue weighted by molar-refractivity contribution is 6.06. The molecule has 3 aromatic rings. The highest BCUT2D eigenvalue weighted by Gasteiger charge is 2.46. The second-order valence-electron chi connectivity index (χ2n) is 6.36. The van der Waals surface area contributed by atoms with Gasteiger partial charge in [0.05, 0.1) is 10.8 Å². The Bertz CT molecular complexity index is 843. The number of nitrogens with zero attached hydrogens (tertiary/aromatic N) is 1. The molecule has 2 heterocycles. The second-order valence-corrected chi connectivity index (χ2v) is 6.36. The van der Waals surface area contributed by atoms with Crippen LogP contribution in [0.2, 0.25) is 0 Å². The molecule has 0 fully saturated rings. The third-order valence-electron chi connectivity index (χ3n) is 5.85. The van der Waals surface area contributed by atoms with Crippen LogP contribution in [0.15, 0.2) is 48.7 Å². The van der Waals surface area contributed by atoms with Gasteiger partial charge >= 0.3 is 0 Å². The van der Waals surface area contributed by atoms with Gasteiger partial charge in [0.25, 0.3) is 0 Å². The average Bonchev–Trinajstić information content (AvgIpc) is 2.55. The summed E-state index contributed by atoms with van der Waals surface area (Å²) in [5, 5.41) is 4.20. The quantitative estimate of drug-likeness (QED) is 0.462. The van der Waals surface area contributed by atoms with E-state index in [1.807, 2.05) is 0 Å². The van der Waals surface area contributed by atoms with Crippen molar-refractivity contribution in [2.45, 2.75) is 45.1 Å². The van der Waals surface area contributed by atoms with Gasteiger partial charge in [0, 0.05) is 11.5 Å². The number of pyridine rings is 1. The number of benzene rings is 2. The van der Waals surface area contributed by atoms with Gasteiger partial charge in [0.1, 0.15) is 0 Å². The molecule has 0 spiro atoms. The molecule has 1 aromatic heterocycles. The highest BCUT2D eigenvalue weighted by Crippen LogP contribution is 2.46. The van der Waals surface area contributed by atoms with Crippen molar-refractivity contribution in [3.05, 3.63) is 54.2 Å². The van der Waals surface area contributed by atoms with Crippen LogP contribution in [0.3, 0.4) is 0 Å². The molecule has 2 aromatic carbocycles. The summed E-state index contributed by atoms with van der Waals surface area (Å²) in [5.74, 6) is 0. The maximum absolute atomic E-state index is 2.51. The van der Waals surface area contributed by atoms with Crippen LogP contribution in [0.1, 0.15) is 45.2 Å². The van der Waals surface area contributed by atoms with Crippen LogP contribution in [-0.2, 0) is 5.41 Å². The molecule has 0 bridgehead atoms. The molecule has 1 atom stereocenters. The van der Waals surface area contributed by atoms with Crippen molar-refractivity contribution in [1.29, 1.82) is 0 Å². The van der Waals surface area contributed by atoms with Gasteiger partial charge in [-0.3, -0.25) is 0 Å². The predicted molar refractivity (Wildman–Crippen MR) is 88.6 cm³/mol. The lowest BCUT2D eigenvalue weighted by Gasteiger charge is -2.38. The zero-order valence-corrected chi connectivity index (χ0v) is 13.1. The van der Waals surface area contributed by atoms with Gasteiger partial charge in [-0.25, -0.2) is 0 Å². The van der Waals surface area contributed by atoms with E-state index >= 15 is 0 Å². The van der Waals surface area contributed by atoms with Crippen LogP contribution in [0.4, 0.5) is 0 Å². The molecular formula is C20H22N+. The van der Waals surface area contributed by atoms with Crippen LogP contribution < -0.4 is 4.57 Å². The number of hydrogen-bond acceptors (Lipinski definition) is 0. The minimum atomic E-state index is 0.243. The number of hydrogen-bond donors (Lipinski definition) is 0. The van der Waals surface area contributed by atoms with Gasteiger partial charge in [-0.15, -0.1) is 0 Å². The van der Waals surface area contributed by atoms with Gasteiger partial charge in [0.15, 0.2) is 12.2 Å². The van der Waals surface area contributed by atoms with Gasteiger partial charge in [-0.1, -0.05) is 38.1 Å². The van der Waals surface area contributed by atoms with Crippen molar-refractivity contribution < 1.29 is 4.57 Å². The summed E-state index contributed by atoms with van der Waals surface area (Å²) < 4.78 is 2.51. The van der Waals surface area contributed by atoms with Crippen molar-refractivity contribution in [3.63, 3.8) is 0 Å². The summed E-state index contributed by atoms with van der Waals surface area (Å²) in [6.45, 7) is 7.07.